The standard InChI is InChI=1S/C20H26N6OS/c1-6-25-18(16-10-8-7-9-14(16)4)23-24-20(25)28-15(5)19(27)22-17-11-12-21-26(17)13(2)3/h7-13,15H,6H2,1-5H3,(H,22,27)/t15-/m1/s1. The Morgan fingerprint density at radius 2 is 1.93 bits per heavy atom. The van der Waals surface area contributed by atoms with Gasteiger partial charge in [-0.2, -0.15) is 5.10 Å². The fourth-order valence-corrected chi connectivity index (χ4v) is 3.86. The first-order valence-electron chi connectivity index (χ1n) is 9.42. The number of carbonyl (C=O) groups excluding carboxylic acids is 1. The van der Waals surface area contributed by atoms with E-state index in [1.54, 1.807) is 16.9 Å². The van der Waals surface area contributed by atoms with Gasteiger partial charge in [0.15, 0.2) is 11.0 Å². The predicted octanol–water partition coefficient (Wildman–Crippen LogP) is 4.17. The molecule has 1 amide bonds. The summed E-state index contributed by atoms with van der Waals surface area (Å²) in [4.78, 5) is 12.7. The first-order valence-corrected chi connectivity index (χ1v) is 10.3. The molecule has 0 spiro atoms. The molecule has 1 atom stereocenters. The Kier molecular flexibility index (Phi) is 6.18. The Bertz CT molecular complexity index is 961. The molecule has 0 radical (unpaired) electrons. The van der Waals surface area contributed by atoms with Gasteiger partial charge in [-0.1, -0.05) is 36.0 Å². The first kappa shape index (κ1) is 20.1. The number of amides is 1. The highest BCUT2D eigenvalue weighted by Gasteiger charge is 2.22. The van der Waals surface area contributed by atoms with E-state index in [2.05, 4.69) is 45.1 Å². The molecule has 3 aromatic rings. The molecule has 0 saturated heterocycles. The highest BCUT2D eigenvalue weighted by atomic mass is 32.2. The van der Waals surface area contributed by atoms with Gasteiger partial charge in [0.1, 0.15) is 5.82 Å². The number of aromatic nitrogens is 5. The van der Waals surface area contributed by atoms with Crippen LogP contribution in [0.3, 0.4) is 0 Å². The van der Waals surface area contributed by atoms with E-state index in [1.807, 2.05) is 39.0 Å². The summed E-state index contributed by atoms with van der Waals surface area (Å²) in [7, 11) is 0. The van der Waals surface area contributed by atoms with Gasteiger partial charge >= 0.3 is 0 Å². The van der Waals surface area contributed by atoms with Crippen molar-refractivity contribution >= 4 is 23.5 Å². The monoisotopic (exact) mass is 398 g/mol. The number of hydrogen-bond acceptors (Lipinski definition) is 5. The number of anilines is 1. The van der Waals surface area contributed by atoms with Crippen LogP contribution < -0.4 is 5.32 Å². The minimum Gasteiger partial charge on any atom is -0.310 e. The molecular formula is C20H26N6OS. The van der Waals surface area contributed by atoms with Crippen molar-refractivity contribution in [3.8, 4) is 11.4 Å². The second-order valence-corrected chi connectivity index (χ2v) is 8.18. The third-order valence-electron chi connectivity index (χ3n) is 4.48. The average Bonchev–Trinajstić information content (AvgIpc) is 3.28. The molecule has 3 rings (SSSR count). The first-order chi connectivity index (χ1) is 13.4. The Balaban J connectivity index is 1.77. The second kappa shape index (κ2) is 8.60. The van der Waals surface area contributed by atoms with Crippen molar-refractivity contribution in [1.82, 2.24) is 24.5 Å². The molecular weight excluding hydrogens is 372 g/mol. The number of hydrogen-bond donors (Lipinski definition) is 1. The van der Waals surface area contributed by atoms with Crippen LogP contribution in [0.1, 0.15) is 39.3 Å². The van der Waals surface area contributed by atoms with E-state index in [0.717, 1.165) is 28.7 Å². The van der Waals surface area contributed by atoms with Crippen molar-refractivity contribution in [3.05, 3.63) is 42.1 Å². The van der Waals surface area contributed by atoms with Crippen molar-refractivity contribution in [2.75, 3.05) is 5.32 Å². The van der Waals surface area contributed by atoms with Gasteiger partial charge in [-0.15, -0.1) is 10.2 Å². The molecule has 2 heterocycles. The maximum Gasteiger partial charge on any atom is 0.238 e. The van der Waals surface area contributed by atoms with E-state index in [4.69, 9.17) is 0 Å². The minimum atomic E-state index is -0.324. The quantitative estimate of drug-likeness (QED) is 0.604. The highest BCUT2D eigenvalue weighted by molar-refractivity contribution is 8.00. The van der Waals surface area contributed by atoms with Gasteiger partial charge in [0.2, 0.25) is 5.91 Å². The Morgan fingerprint density at radius 1 is 1.18 bits per heavy atom. The summed E-state index contributed by atoms with van der Waals surface area (Å²) < 4.78 is 3.84. The number of aryl methyl sites for hydroxylation is 1. The Hall–Kier alpha value is -2.61. The highest BCUT2D eigenvalue weighted by Crippen LogP contribution is 2.29. The van der Waals surface area contributed by atoms with Gasteiger partial charge < -0.3 is 9.88 Å². The molecule has 0 aliphatic rings. The van der Waals surface area contributed by atoms with Crippen LogP contribution in [0, 0.1) is 6.92 Å². The zero-order chi connectivity index (χ0) is 20.3. The molecule has 7 nitrogen and oxygen atoms in total. The summed E-state index contributed by atoms with van der Waals surface area (Å²) in [6.45, 7) is 10.8. The average molecular weight is 399 g/mol. The van der Waals surface area contributed by atoms with E-state index in [9.17, 15) is 4.79 Å². The summed E-state index contributed by atoms with van der Waals surface area (Å²) in [5.74, 6) is 1.44. The third-order valence-corrected chi connectivity index (χ3v) is 5.56. The van der Waals surface area contributed by atoms with Gasteiger partial charge in [-0.05, 0) is 40.2 Å². The van der Waals surface area contributed by atoms with Crippen LogP contribution in [0.5, 0.6) is 0 Å². The lowest BCUT2D eigenvalue weighted by Gasteiger charge is -2.15. The van der Waals surface area contributed by atoms with Gasteiger partial charge in [-0.25, -0.2) is 4.68 Å². The van der Waals surface area contributed by atoms with Crippen molar-refractivity contribution in [2.45, 2.75) is 57.6 Å². The third kappa shape index (κ3) is 4.11. The molecule has 0 fully saturated rings. The van der Waals surface area contributed by atoms with Crippen molar-refractivity contribution < 1.29 is 4.79 Å². The lowest BCUT2D eigenvalue weighted by atomic mass is 10.1. The normalized spacial score (nSPS) is 12.4. The number of thioether (sulfide) groups is 1. The molecule has 28 heavy (non-hydrogen) atoms. The molecule has 0 saturated carbocycles. The van der Waals surface area contributed by atoms with Crippen molar-refractivity contribution in [2.24, 2.45) is 0 Å². The maximum atomic E-state index is 12.7. The fourth-order valence-electron chi connectivity index (χ4n) is 2.95. The topological polar surface area (TPSA) is 77.6 Å². The van der Waals surface area contributed by atoms with E-state index in [1.165, 1.54) is 11.8 Å². The van der Waals surface area contributed by atoms with Gasteiger partial charge in [0.25, 0.3) is 0 Å². The molecule has 0 bridgehead atoms. The second-order valence-electron chi connectivity index (χ2n) is 6.87. The van der Waals surface area contributed by atoms with E-state index in [0.29, 0.717) is 5.82 Å². The summed E-state index contributed by atoms with van der Waals surface area (Å²) in [6, 6.07) is 10.1. The van der Waals surface area contributed by atoms with Crippen molar-refractivity contribution in [3.63, 3.8) is 0 Å². The summed E-state index contributed by atoms with van der Waals surface area (Å²) in [6.07, 6.45) is 1.69. The van der Waals surface area contributed by atoms with E-state index < -0.39 is 0 Å². The number of rotatable bonds is 7. The summed E-state index contributed by atoms with van der Waals surface area (Å²) in [5, 5.41) is 16.4. The Labute approximate surface area is 169 Å². The molecule has 8 heteroatoms. The SMILES string of the molecule is CCn1c(S[C@H](C)C(=O)Nc2ccnn2C(C)C)nnc1-c1ccccc1C. The molecule has 1 N–H and O–H groups in total. The summed E-state index contributed by atoms with van der Waals surface area (Å²) in [5.41, 5.74) is 2.20. The zero-order valence-electron chi connectivity index (χ0n) is 16.9. The van der Waals surface area contributed by atoms with Gasteiger partial charge in [0.05, 0.1) is 11.4 Å². The molecule has 0 unspecified atom stereocenters. The molecule has 1 aromatic carbocycles. The minimum absolute atomic E-state index is 0.0875. The lowest BCUT2D eigenvalue weighted by molar-refractivity contribution is -0.115. The van der Waals surface area contributed by atoms with E-state index in [-0.39, 0.29) is 17.2 Å². The van der Waals surface area contributed by atoms with Crippen LogP contribution >= 0.6 is 11.8 Å². The molecule has 2 aromatic heterocycles. The predicted molar refractivity (Wildman–Crippen MR) is 112 cm³/mol. The number of nitrogens with one attached hydrogen (secondary N) is 1. The maximum absolute atomic E-state index is 12.7. The Morgan fingerprint density at radius 3 is 2.61 bits per heavy atom. The summed E-state index contributed by atoms with van der Waals surface area (Å²) >= 11 is 1.41. The van der Waals surface area contributed by atoms with E-state index >= 15 is 0 Å². The smallest absolute Gasteiger partial charge is 0.238 e. The van der Waals surface area contributed by atoms with Crippen LogP contribution in [0.25, 0.3) is 11.4 Å². The number of benzene rings is 1. The zero-order valence-corrected chi connectivity index (χ0v) is 17.7. The molecule has 0 aliphatic carbocycles. The number of nitrogens with zero attached hydrogens (tertiary/aromatic N) is 5. The van der Waals surface area contributed by atoms with Crippen LogP contribution in [-0.4, -0.2) is 35.7 Å². The van der Waals surface area contributed by atoms with Crippen LogP contribution in [-0.2, 0) is 11.3 Å². The van der Waals surface area contributed by atoms with Crippen LogP contribution in [0.2, 0.25) is 0 Å². The van der Waals surface area contributed by atoms with Crippen molar-refractivity contribution in [1.29, 1.82) is 0 Å². The molecule has 148 valence electrons. The fraction of sp³-hybridized carbons (Fsp3) is 0.400. The number of carbonyl (C=O) groups is 1. The van der Waals surface area contributed by atoms with Gasteiger partial charge in [-0.3, -0.25) is 4.79 Å². The van der Waals surface area contributed by atoms with Crippen LogP contribution in [0.15, 0.2) is 41.7 Å². The molecule has 0 aliphatic heterocycles. The van der Waals surface area contributed by atoms with Crippen LogP contribution in [0.4, 0.5) is 5.82 Å². The van der Waals surface area contributed by atoms with Gasteiger partial charge in [0, 0.05) is 24.2 Å². The lowest BCUT2D eigenvalue weighted by Crippen LogP contribution is -2.25. The largest absolute Gasteiger partial charge is 0.310 e.